The van der Waals surface area contributed by atoms with Gasteiger partial charge >= 0.3 is 0 Å². The first-order chi connectivity index (χ1) is 8.97. The summed E-state index contributed by atoms with van der Waals surface area (Å²) in [5, 5.41) is 38.0. The number of aromatic nitrogens is 2. The lowest BCUT2D eigenvalue weighted by molar-refractivity contribution is -0.613. The van der Waals surface area contributed by atoms with E-state index in [0.717, 1.165) is 0 Å². The van der Waals surface area contributed by atoms with Gasteiger partial charge in [-0.05, 0) is 4.86 Å². The smallest absolute Gasteiger partial charge is 0.257 e. The molecule has 2 aromatic heterocycles. The molecule has 0 aliphatic carbocycles. The Hall–Kier alpha value is -2.70. The average Bonchev–Trinajstić information content (AvgIpc) is 2.37. The van der Waals surface area contributed by atoms with E-state index in [0.29, 0.717) is 31.4 Å². The summed E-state index contributed by atoms with van der Waals surface area (Å²) < 4.78 is 1.34. The van der Waals surface area contributed by atoms with E-state index in [-0.39, 0.29) is 5.69 Å². The van der Waals surface area contributed by atoms with Crippen LogP contribution in [-0.2, 0) is 0 Å². The van der Waals surface area contributed by atoms with Crippen LogP contribution in [0.5, 0.6) is 0 Å². The van der Waals surface area contributed by atoms with Crippen LogP contribution < -0.4 is 9.46 Å². The molecule has 0 spiro atoms. The van der Waals surface area contributed by atoms with Crippen LogP contribution in [0.3, 0.4) is 0 Å². The van der Waals surface area contributed by atoms with Crippen molar-refractivity contribution < 1.29 is 14.3 Å². The Bertz CT molecular complexity index is 655. The molecule has 0 radical (unpaired) electrons. The predicted octanol–water partition coefficient (Wildman–Crippen LogP) is 1.50. The second-order valence-electron chi connectivity index (χ2n) is 4.08. The van der Waals surface area contributed by atoms with Gasteiger partial charge in [0.1, 0.15) is 5.69 Å². The Labute approximate surface area is 109 Å². The lowest BCUT2D eigenvalue weighted by Gasteiger charge is -2.03. The molecule has 0 amide bonds. The molecule has 0 fully saturated rings. The average molecular weight is 260 g/mol. The highest BCUT2D eigenvalue weighted by Gasteiger charge is 2.10. The van der Waals surface area contributed by atoms with E-state index in [1.54, 1.807) is 13.8 Å². The predicted molar refractivity (Wildman–Crippen MR) is 65.7 cm³/mol. The third kappa shape index (κ3) is 2.76. The highest BCUT2D eigenvalue weighted by Crippen LogP contribution is 2.16. The van der Waals surface area contributed by atoms with Crippen LogP contribution in [-0.4, -0.2) is 4.86 Å². The minimum Gasteiger partial charge on any atom is -0.619 e. The Morgan fingerprint density at radius 2 is 1.58 bits per heavy atom. The molecule has 2 aromatic rings. The van der Waals surface area contributed by atoms with E-state index in [4.69, 9.17) is 0 Å². The maximum absolute atomic E-state index is 11.8. The van der Waals surface area contributed by atoms with Gasteiger partial charge in [0.15, 0.2) is 23.8 Å². The van der Waals surface area contributed by atoms with Crippen molar-refractivity contribution in [3.05, 3.63) is 63.7 Å². The minimum atomic E-state index is 0.251. The molecule has 0 saturated carbocycles. The fourth-order valence-corrected chi connectivity index (χ4v) is 1.52. The normalized spacial score (nSPS) is 11.6. The summed E-state index contributed by atoms with van der Waals surface area (Å²) in [5.74, 6) is 0. The van der Waals surface area contributed by atoms with Crippen LogP contribution in [0.15, 0.2) is 41.8 Å². The summed E-state index contributed by atoms with van der Waals surface area (Å²) >= 11 is 0. The quantitative estimate of drug-likeness (QED) is 0.354. The molecule has 2 rings (SSSR count). The zero-order chi connectivity index (χ0) is 14.0. The largest absolute Gasteiger partial charge is 0.619 e. The molecule has 98 valence electrons. The Kier molecular flexibility index (Phi) is 3.28. The molecule has 0 N–H and O–H groups in total. The SMILES string of the molecule is Cc1cc(N=[N+]([O-])c2cc[n+]([O-])c(C)c2)cc[n+]1[O-]. The number of nitrogens with zero attached hydrogens (tertiary/aromatic N) is 4. The maximum Gasteiger partial charge on any atom is 0.257 e. The molecule has 0 aromatic carbocycles. The number of rotatable bonds is 2. The molecule has 7 heteroatoms. The summed E-state index contributed by atoms with van der Waals surface area (Å²) in [6.45, 7) is 3.21. The van der Waals surface area contributed by atoms with Gasteiger partial charge < -0.3 is 15.6 Å². The van der Waals surface area contributed by atoms with E-state index in [9.17, 15) is 15.6 Å². The van der Waals surface area contributed by atoms with Crippen molar-refractivity contribution in [1.29, 1.82) is 0 Å². The van der Waals surface area contributed by atoms with Crippen LogP contribution >= 0.6 is 0 Å². The third-order valence-electron chi connectivity index (χ3n) is 2.60. The van der Waals surface area contributed by atoms with Gasteiger partial charge in [-0.3, -0.25) is 0 Å². The van der Waals surface area contributed by atoms with Gasteiger partial charge in [-0.1, -0.05) is 0 Å². The Balaban J connectivity index is 2.36. The fourth-order valence-electron chi connectivity index (χ4n) is 1.52. The third-order valence-corrected chi connectivity index (χ3v) is 2.60. The summed E-state index contributed by atoms with van der Waals surface area (Å²) in [5.41, 5.74) is 1.46. The topological polar surface area (TPSA) is 92.3 Å². The molecule has 0 bridgehead atoms. The van der Waals surface area contributed by atoms with Gasteiger partial charge in [0, 0.05) is 31.1 Å². The van der Waals surface area contributed by atoms with Gasteiger partial charge in [-0.25, -0.2) is 0 Å². The number of hydrogen-bond acceptors (Lipinski definition) is 4. The Morgan fingerprint density at radius 1 is 1.00 bits per heavy atom. The first-order valence-corrected chi connectivity index (χ1v) is 5.56. The fraction of sp³-hybridized carbons (Fsp3) is 0.167. The van der Waals surface area contributed by atoms with E-state index < -0.39 is 0 Å². The number of pyridine rings is 2. The summed E-state index contributed by atoms with van der Waals surface area (Å²) in [7, 11) is 0. The molecule has 0 aliphatic heterocycles. The molecular formula is C12H12N4O3. The van der Waals surface area contributed by atoms with Gasteiger partial charge in [-0.2, -0.15) is 9.46 Å². The van der Waals surface area contributed by atoms with Crippen LogP contribution in [0.4, 0.5) is 11.4 Å². The molecule has 0 unspecified atom stereocenters. The molecule has 2 heterocycles. The second kappa shape index (κ2) is 4.89. The van der Waals surface area contributed by atoms with Crippen molar-refractivity contribution >= 4 is 11.4 Å². The van der Waals surface area contributed by atoms with Crippen molar-refractivity contribution in [2.75, 3.05) is 0 Å². The molecular weight excluding hydrogens is 248 g/mol. The zero-order valence-electron chi connectivity index (χ0n) is 10.5. The zero-order valence-corrected chi connectivity index (χ0v) is 10.5. The second-order valence-corrected chi connectivity index (χ2v) is 4.08. The highest BCUT2D eigenvalue weighted by atomic mass is 16.5. The van der Waals surface area contributed by atoms with E-state index >= 15 is 0 Å². The van der Waals surface area contributed by atoms with Crippen LogP contribution in [0.1, 0.15) is 11.4 Å². The van der Waals surface area contributed by atoms with E-state index in [2.05, 4.69) is 5.11 Å². The summed E-state index contributed by atoms with van der Waals surface area (Å²) in [6.07, 6.45) is 2.52. The highest BCUT2D eigenvalue weighted by molar-refractivity contribution is 5.34. The Morgan fingerprint density at radius 3 is 2.16 bits per heavy atom. The van der Waals surface area contributed by atoms with Crippen molar-refractivity contribution in [1.82, 2.24) is 0 Å². The minimum absolute atomic E-state index is 0.251. The van der Waals surface area contributed by atoms with Crippen molar-refractivity contribution in [2.45, 2.75) is 13.8 Å². The maximum atomic E-state index is 11.8. The number of aryl methyl sites for hydroxylation is 2. The first-order valence-electron chi connectivity index (χ1n) is 5.56. The van der Waals surface area contributed by atoms with Gasteiger partial charge in [-0.15, -0.1) is 0 Å². The lowest BCUT2D eigenvalue weighted by atomic mass is 10.3. The van der Waals surface area contributed by atoms with Crippen molar-refractivity contribution in [3.8, 4) is 0 Å². The molecule has 0 aliphatic rings. The lowest BCUT2D eigenvalue weighted by Crippen LogP contribution is -2.29. The van der Waals surface area contributed by atoms with Gasteiger partial charge in [0.05, 0.1) is 12.1 Å². The van der Waals surface area contributed by atoms with Gasteiger partial charge in [0.25, 0.3) is 5.69 Å². The van der Waals surface area contributed by atoms with Crippen LogP contribution in [0, 0.1) is 29.5 Å². The van der Waals surface area contributed by atoms with Gasteiger partial charge in [0.2, 0.25) is 0 Å². The van der Waals surface area contributed by atoms with Crippen molar-refractivity contribution in [3.63, 3.8) is 0 Å². The van der Waals surface area contributed by atoms with Crippen molar-refractivity contribution in [2.24, 2.45) is 5.11 Å². The number of hydrogen-bond donors (Lipinski definition) is 0. The van der Waals surface area contributed by atoms with E-state index in [1.165, 1.54) is 36.7 Å². The summed E-state index contributed by atoms with van der Waals surface area (Å²) in [6, 6.07) is 5.75. The molecule has 0 atom stereocenters. The van der Waals surface area contributed by atoms with Crippen LogP contribution in [0.2, 0.25) is 0 Å². The first kappa shape index (κ1) is 12.7. The standard InChI is InChI=1S/C12H12N4O3/c1-9-7-11(3-5-14(9)17)13-16(19)12-4-6-15(18)10(2)8-12/h3-8H,1-2H3. The van der Waals surface area contributed by atoms with E-state index in [1.807, 2.05) is 0 Å². The molecule has 0 saturated heterocycles. The molecule has 7 nitrogen and oxygen atoms in total. The molecule has 19 heavy (non-hydrogen) atoms. The number of azo groups is 1. The summed E-state index contributed by atoms with van der Waals surface area (Å²) in [4.78, 5) is 0.414. The van der Waals surface area contributed by atoms with Crippen LogP contribution in [0.25, 0.3) is 0 Å². The monoisotopic (exact) mass is 260 g/mol.